The fourth-order valence-corrected chi connectivity index (χ4v) is 1.50. The molecule has 0 aliphatic rings. The van der Waals surface area contributed by atoms with E-state index in [1.807, 2.05) is 18.2 Å². The van der Waals surface area contributed by atoms with Gasteiger partial charge in [-0.25, -0.2) is 0 Å². The van der Waals surface area contributed by atoms with Crippen LogP contribution in [0.3, 0.4) is 0 Å². The molecule has 0 saturated heterocycles. The van der Waals surface area contributed by atoms with Gasteiger partial charge in [0, 0.05) is 23.9 Å². The Bertz CT molecular complexity index is 293. The second-order valence-corrected chi connectivity index (χ2v) is 3.71. The Balaban J connectivity index is 2.59. The van der Waals surface area contributed by atoms with E-state index in [4.69, 9.17) is 16.3 Å². The lowest BCUT2D eigenvalue weighted by atomic mass is 10.2. The molecule has 0 fully saturated rings. The van der Waals surface area contributed by atoms with Crippen LogP contribution in [0.2, 0.25) is 5.02 Å². The summed E-state index contributed by atoms with van der Waals surface area (Å²) in [5.41, 5.74) is 1.08. The first-order valence-electron chi connectivity index (χ1n) is 4.42. The first-order valence-corrected chi connectivity index (χ1v) is 5.43. The fraction of sp³-hybridized carbons (Fsp3) is 0.400. The SMILES string of the molecule is COc1ccc(CNCCS)c(Cl)c1. The van der Waals surface area contributed by atoms with Gasteiger partial charge in [0.2, 0.25) is 0 Å². The van der Waals surface area contributed by atoms with Crippen molar-refractivity contribution in [2.45, 2.75) is 6.54 Å². The number of hydrogen-bond donors (Lipinski definition) is 2. The van der Waals surface area contributed by atoms with Gasteiger partial charge in [0.15, 0.2) is 0 Å². The third-order valence-electron chi connectivity index (χ3n) is 1.86. The molecule has 14 heavy (non-hydrogen) atoms. The molecule has 0 radical (unpaired) electrons. The van der Waals surface area contributed by atoms with Gasteiger partial charge in [-0.3, -0.25) is 0 Å². The lowest BCUT2D eigenvalue weighted by molar-refractivity contribution is 0.414. The molecule has 0 amide bonds. The summed E-state index contributed by atoms with van der Waals surface area (Å²) in [7, 11) is 1.63. The lowest BCUT2D eigenvalue weighted by Crippen LogP contribution is -2.15. The highest BCUT2D eigenvalue weighted by atomic mass is 35.5. The topological polar surface area (TPSA) is 21.3 Å². The molecule has 78 valence electrons. The molecule has 0 aromatic heterocycles. The van der Waals surface area contributed by atoms with Crippen molar-refractivity contribution in [2.24, 2.45) is 0 Å². The molecule has 2 nitrogen and oxygen atoms in total. The summed E-state index contributed by atoms with van der Waals surface area (Å²) in [6.07, 6.45) is 0. The minimum atomic E-state index is 0.732. The van der Waals surface area contributed by atoms with Crippen molar-refractivity contribution in [1.82, 2.24) is 5.32 Å². The Morgan fingerprint density at radius 3 is 2.86 bits per heavy atom. The first kappa shape index (κ1) is 11.7. The second kappa shape index (κ2) is 6.17. The van der Waals surface area contributed by atoms with E-state index < -0.39 is 0 Å². The zero-order chi connectivity index (χ0) is 10.4. The summed E-state index contributed by atoms with van der Waals surface area (Å²) < 4.78 is 5.06. The number of nitrogens with one attached hydrogen (secondary N) is 1. The van der Waals surface area contributed by atoms with Crippen molar-refractivity contribution >= 4 is 24.2 Å². The van der Waals surface area contributed by atoms with Gasteiger partial charge >= 0.3 is 0 Å². The molecule has 1 N–H and O–H groups in total. The third kappa shape index (κ3) is 3.40. The molecule has 0 spiro atoms. The van der Waals surface area contributed by atoms with Gasteiger partial charge in [-0.1, -0.05) is 17.7 Å². The highest BCUT2D eigenvalue weighted by molar-refractivity contribution is 7.80. The number of ether oxygens (including phenoxy) is 1. The predicted octanol–water partition coefficient (Wildman–Crippen LogP) is 2.37. The maximum absolute atomic E-state index is 6.05. The Morgan fingerprint density at radius 1 is 1.50 bits per heavy atom. The molecule has 1 aromatic carbocycles. The lowest BCUT2D eigenvalue weighted by Gasteiger charge is -2.07. The van der Waals surface area contributed by atoms with Gasteiger partial charge in [-0.2, -0.15) is 12.6 Å². The smallest absolute Gasteiger partial charge is 0.120 e. The quantitative estimate of drug-likeness (QED) is 0.600. The Labute approximate surface area is 95.0 Å². The molecule has 1 rings (SSSR count). The summed E-state index contributed by atoms with van der Waals surface area (Å²) in [6, 6.07) is 5.69. The van der Waals surface area contributed by atoms with Crippen LogP contribution in [0.15, 0.2) is 18.2 Å². The maximum Gasteiger partial charge on any atom is 0.120 e. The normalized spacial score (nSPS) is 10.2. The van der Waals surface area contributed by atoms with Crippen molar-refractivity contribution in [3.05, 3.63) is 28.8 Å². The van der Waals surface area contributed by atoms with E-state index in [2.05, 4.69) is 17.9 Å². The number of thiol groups is 1. The van der Waals surface area contributed by atoms with E-state index in [9.17, 15) is 0 Å². The Kier molecular flexibility index (Phi) is 5.15. The molecule has 0 unspecified atom stereocenters. The van der Waals surface area contributed by atoms with Gasteiger partial charge in [0.05, 0.1) is 7.11 Å². The summed E-state index contributed by atoms with van der Waals surface area (Å²) >= 11 is 10.2. The van der Waals surface area contributed by atoms with Crippen molar-refractivity contribution < 1.29 is 4.74 Å². The van der Waals surface area contributed by atoms with E-state index in [-0.39, 0.29) is 0 Å². The largest absolute Gasteiger partial charge is 0.497 e. The molecule has 4 heteroatoms. The van der Waals surface area contributed by atoms with Gasteiger partial charge in [0.1, 0.15) is 5.75 Å². The van der Waals surface area contributed by atoms with Crippen LogP contribution in [0.5, 0.6) is 5.75 Å². The Morgan fingerprint density at radius 2 is 2.29 bits per heavy atom. The average Bonchev–Trinajstić information content (AvgIpc) is 2.20. The minimum absolute atomic E-state index is 0.732. The number of benzene rings is 1. The molecule has 0 atom stereocenters. The first-order chi connectivity index (χ1) is 6.77. The minimum Gasteiger partial charge on any atom is -0.497 e. The van der Waals surface area contributed by atoms with Crippen molar-refractivity contribution in [2.75, 3.05) is 19.4 Å². The van der Waals surface area contributed by atoms with Crippen molar-refractivity contribution in [1.29, 1.82) is 0 Å². The van der Waals surface area contributed by atoms with Gasteiger partial charge < -0.3 is 10.1 Å². The van der Waals surface area contributed by atoms with E-state index in [1.54, 1.807) is 7.11 Å². The van der Waals surface area contributed by atoms with Crippen molar-refractivity contribution in [3.63, 3.8) is 0 Å². The molecule has 0 bridgehead atoms. The summed E-state index contributed by atoms with van der Waals surface area (Å²) in [6.45, 7) is 1.65. The van der Waals surface area contributed by atoms with Crippen LogP contribution in [0, 0.1) is 0 Å². The van der Waals surface area contributed by atoms with Crippen LogP contribution in [-0.4, -0.2) is 19.4 Å². The zero-order valence-corrected chi connectivity index (χ0v) is 9.74. The molecular formula is C10H14ClNOS. The fourth-order valence-electron chi connectivity index (χ4n) is 1.10. The van der Waals surface area contributed by atoms with Crippen molar-refractivity contribution in [3.8, 4) is 5.75 Å². The number of methoxy groups -OCH3 is 1. The van der Waals surface area contributed by atoms with Crippen LogP contribution in [0.25, 0.3) is 0 Å². The van der Waals surface area contributed by atoms with Crippen LogP contribution in [-0.2, 0) is 6.54 Å². The van der Waals surface area contributed by atoms with Crippen LogP contribution in [0.4, 0.5) is 0 Å². The van der Waals surface area contributed by atoms with E-state index in [0.717, 1.165) is 35.2 Å². The molecule has 0 aliphatic heterocycles. The Hall–Kier alpha value is -0.380. The highest BCUT2D eigenvalue weighted by Crippen LogP contribution is 2.21. The van der Waals surface area contributed by atoms with E-state index in [0.29, 0.717) is 0 Å². The monoisotopic (exact) mass is 231 g/mol. The summed E-state index contributed by atoms with van der Waals surface area (Å²) in [5, 5.41) is 3.96. The molecule has 0 aliphatic carbocycles. The van der Waals surface area contributed by atoms with Crippen LogP contribution < -0.4 is 10.1 Å². The molecule has 0 heterocycles. The van der Waals surface area contributed by atoms with E-state index in [1.165, 1.54) is 0 Å². The van der Waals surface area contributed by atoms with Crippen LogP contribution in [0.1, 0.15) is 5.56 Å². The zero-order valence-electron chi connectivity index (χ0n) is 8.09. The molecule has 0 saturated carbocycles. The van der Waals surface area contributed by atoms with Crippen LogP contribution >= 0.6 is 24.2 Å². The summed E-state index contributed by atoms with van der Waals surface area (Å²) in [5.74, 6) is 1.61. The second-order valence-electron chi connectivity index (χ2n) is 2.86. The van der Waals surface area contributed by atoms with E-state index >= 15 is 0 Å². The third-order valence-corrected chi connectivity index (χ3v) is 2.44. The highest BCUT2D eigenvalue weighted by Gasteiger charge is 2.01. The number of rotatable bonds is 5. The standard InChI is InChI=1S/C10H14ClNOS/c1-13-9-3-2-8(10(11)6-9)7-12-4-5-14/h2-3,6,12,14H,4-5,7H2,1H3. The van der Waals surface area contributed by atoms with Gasteiger partial charge in [-0.15, -0.1) is 0 Å². The van der Waals surface area contributed by atoms with Gasteiger partial charge in [-0.05, 0) is 17.7 Å². The number of halogens is 1. The molecular weight excluding hydrogens is 218 g/mol. The maximum atomic E-state index is 6.05. The predicted molar refractivity (Wildman–Crippen MR) is 63.6 cm³/mol. The summed E-state index contributed by atoms with van der Waals surface area (Å²) in [4.78, 5) is 0. The molecule has 1 aromatic rings. The average molecular weight is 232 g/mol. The number of hydrogen-bond acceptors (Lipinski definition) is 3. The van der Waals surface area contributed by atoms with Gasteiger partial charge in [0.25, 0.3) is 0 Å².